The molecule has 1 N–H and O–H groups in total. The molecule has 1 aromatic rings. The molecule has 1 aliphatic rings. The van der Waals surface area contributed by atoms with Gasteiger partial charge >= 0.3 is 6.18 Å². The number of Topliss-reactive ketones (excluding diaryl/α,β-unsaturated/α-hetero) is 1. The Morgan fingerprint density at radius 3 is 2.38 bits per heavy atom. The van der Waals surface area contributed by atoms with Crippen LogP contribution in [0.2, 0.25) is 0 Å². The molecule has 1 aromatic carbocycles. The molecule has 0 aliphatic carbocycles. The molecule has 0 fully saturated rings. The van der Waals surface area contributed by atoms with Crippen molar-refractivity contribution in [1.29, 1.82) is 0 Å². The van der Waals surface area contributed by atoms with E-state index in [-0.39, 0.29) is 23.6 Å². The van der Waals surface area contributed by atoms with Gasteiger partial charge in [0.05, 0.1) is 18.2 Å². The fraction of sp³-hybridized carbons (Fsp3) is 0.450. The van der Waals surface area contributed by atoms with Gasteiger partial charge in [0.1, 0.15) is 5.75 Å². The van der Waals surface area contributed by atoms with Crippen molar-refractivity contribution in [3.8, 4) is 5.75 Å². The SMILES string of the molecule is CCCCN1C(=O)[C@](NC(=O)c2ccccc2OC)(C(F)(F)F)C(C(C)=O)=C1C. The highest BCUT2D eigenvalue weighted by Gasteiger charge is 2.69. The Morgan fingerprint density at radius 2 is 1.86 bits per heavy atom. The van der Waals surface area contributed by atoms with Gasteiger partial charge in [0.25, 0.3) is 11.8 Å². The lowest BCUT2D eigenvalue weighted by Gasteiger charge is -2.33. The second-order valence-corrected chi connectivity index (χ2v) is 6.73. The smallest absolute Gasteiger partial charge is 0.425 e. The molecule has 0 bridgehead atoms. The molecular formula is C20H23F3N2O4. The van der Waals surface area contributed by atoms with Crippen molar-refractivity contribution < 1.29 is 32.3 Å². The lowest BCUT2D eigenvalue weighted by Crippen LogP contribution is -2.66. The summed E-state index contributed by atoms with van der Waals surface area (Å²) in [5.74, 6) is -3.45. The van der Waals surface area contributed by atoms with Gasteiger partial charge < -0.3 is 15.0 Å². The number of methoxy groups -OCH3 is 1. The molecule has 0 radical (unpaired) electrons. The number of halogens is 3. The van der Waals surface area contributed by atoms with E-state index in [9.17, 15) is 27.6 Å². The number of alkyl halides is 3. The van der Waals surface area contributed by atoms with Gasteiger partial charge in [-0.3, -0.25) is 14.4 Å². The maximum atomic E-state index is 14.3. The monoisotopic (exact) mass is 412 g/mol. The van der Waals surface area contributed by atoms with Crippen LogP contribution in [0.15, 0.2) is 35.5 Å². The maximum Gasteiger partial charge on any atom is 0.425 e. The zero-order valence-corrected chi connectivity index (χ0v) is 16.6. The molecule has 0 saturated heterocycles. The summed E-state index contributed by atoms with van der Waals surface area (Å²) in [4.78, 5) is 38.9. The summed E-state index contributed by atoms with van der Waals surface area (Å²) >= 11 is 0. The van der Waals surface area contributed by atoms with E-state index in [1.165, 1.54) is 32.2 Å². The number of nitrogens with one attached hydrogen (secondary N) is 1. The number of unbranched alkanes of at least 4 members (excludes halogenated alkanes) is 1. The number of carbonyl (C=O) groups is 3. The van der Waals surface area contributed by atoms with Crippen molar-refractivity contribution >= 4 is 17.6 Å². The quantitative estimate of drug-likeness (QED) is 0.746. The number of para-hydroxylation sites is 1. The minimum absolute atomic E-state index is 0.0142. The van der Waals surface area contributed by atoms with Crippen LogP contribution in [0, 0.1) is 0 Å². The number of rotatable bonds is 7. The molecule has 0 saturated carbocycles. The number of benzene rings is 1. The Hall–Kier alpha value is -2.84. The minimum atomic E-state index is -5.23. The van der Waals surface area contributed by atoms with E-state index < -0.39 is 34.9 Å². The number of nitrogens with zero attached hydrogens (tertiary/aromatic N) is 1. The zero-order valence-electron chi connectivity index (χ0n) is 16.6. The Bertz CT molecular complexity index is 864. The third kappa shape index (κ3) is 3.73. The van der Waals surface area contributed by atoms with E-state index in [1.54, 1.807) is 6.07 Å². The average Bonchev–Trinajstić information content (AvgIpc) is 2.87. The molecule has 1 heterocycles. The summed E-state index contributed by atoms with van der Waals surface area (Å²) in [6.45, 7) is 4.07. The van der Waals surface area contributed by atoms with E-state index in [2.05, 4.69) is 0 Å². The Balaban J connectivity index is 2.63. The van der Waals surface area contributed by atoms with Crippen LogP contribution < -0.4 is 10.1 Å². The van der Waals surface area contributed by atoms with Crippen LogP contribution in [0.5, 0.6) is 5.75 Å². The summed E-state index contributed by atoms with van der Waals surface area (Å²) in [7, 11) is 1.27. The predicted molar refractivity (Wildman–Crippen MR) is 99.2 cm³/mol. The van der Waals surface area contributed by atoms with Crippen molar-refractivity contribution in [2.75, 3.05) is 13.7 Å². The van der Waals surface area contributed by atoms with E-state index in [1.807, 2.05) is 12.2 Å². The number of hydrogen-bond donors (Lipinski definition) is 1. The molecule has 9 heteroatoms. The van der Waals surface area contributed by atoms with Crippen molar-refractivity contribution in [3.05, 3.63) is 41.1 Å². The van der Waals surface area contributed by atoms with Crippen LogP contribution in [-0.4, -0.2) is 47.9 Å². The highest BCUT2D eigenvalue weighted by Crippen LogP contribution is 2.45. The number of ether oxygens (including phenoxy) is 1. The standard InChI is InChI=1S/C20H23F3N2O4/c1-5-6-11-25-12(2)16(13(3)26)19(18(25)28,20(21,22)23)24-17(27)14-9-7-8-10-15(14)29-4/h7-10H,5-6,11H2,1-4H3,(H,24,27)/t19-/m0/s1. The first-order chi connectivity index (χ1) is 13.5. The summed E-state index contributed by atoms with van der Waals surface area (Å²) in [5.41, 5.74) is -4.50. The largest absolute Gasteiger partial charge is 0.496 e. The molecule has 1 atom stereocenters. The van der Waals surface area contributed by atoms with Crippen LogP contribution in [0.4, 0.5) is 13.2 Å². The maximum absolute atomic E-state index is 14.3. The van der Waals surface area contributed by atoms with E-state index in [0.29, 0.717) is 12.8 Å². The molecule has 158 valence electrons. The van der Waals surface area contributed by atoms with Gasteiger partial charge in [0.2, 0.25) is 5.54 Å². The highest BCUT2D eigenvalue weighted by atomic mass is 19.4. The zero-order chi connectivity index (χ0) is 22.0. The number of allylic oxidation sites excluding steroid dienone is 1. The second kappa shape index (κ2) is 8.26. The third-order valence-electron chi connectivity index (χ3n) is 4.87. The number of amides is 2. The number of hydrogen-bond acceptors (Lipinski definition) is 4. The van der Waals surface area contributed by atoms with Gasteiger partial charge in [0.15, 0.2) is 5.78 Å². The van der Waals surface area contributed by atoms with Crippen LogP contribution in [-0.2, 0) is 9.59 Å². The van der Waals surface area contributed by atoms with Crippen LogP contribution >= 0.6 is 0 Å². The van der Waals surface area contributed by atoms with Crippen molar-refractivity contribution in [2.45, 2.75) is 45.3 Å². The van der Waals surface area contributed by atoms with Crippen molar-refractivity contribution in [2.24, 2.45) is 0 Å². The molecule has 2 amide bonds. The van der Waals surface area contributed by atoms with Gasteiger partial charge in [-0.15, -0.1) is 0 Å². The molecule has 0 unspecified atom stereocenters. The minimum Gasteiger partial charge on any atom is -0.496 e. The van der Waals surface area contributed by atoms with Crippen LogP contribution in [0.25, 0.3) is 0 Å². The van der Waals surface area contributed by atoms with Crippen LogP contribution in [0.3, 0.4) is 0 Å². The summed E-state index contributed by atoms with van der Waals surface area (Å²) in [6, 6.07) is 5.69. The topological polar surface area (TPSA) is 75.7 Å². The lowest BCUT2D eigenvalue weighted by molar-refractivity contribution is -0.190. The van der Waals surface area contributed by atoms with Gasteiger partial charge in [-0.25, -0.2) is 0 Å². The van der Waals surface area contributed by atoms with E-state index >= 15 is 0 Å². The second-order valence-electron chi connectivity index (χ2n) is 6.73. The Labute approximate surface area is 166 Å². The lowest BCUT2D eigenvalue weighted by atomic mass is 9.86. The van der Waals surface area contributed by atoms with Crippen molar-refractivity contribution in [1.82, 2.24) is 10.2 Å². The van der Waals surface area contributed by atoms with Crippen LogP contribution in [0.1, 0.15) is 44.0 Å². The molecule has 6 nitrogen and oxygen atoms in total. The van der Waals surface area contributed by atoms with E-state index in [0.717, 1.165) is 11.8 Å². The summed E-state index contributed by atoms with van der Waals surface area (Å²) in [5, 5.41) is 1.83. The first-order valence-electron chi connectivity index (χ1n) is 9.09. The van der Waals surface area contributed by atoms with Gasteiger partial charge in [-0.2, -0.15) is 13.2 Å². The molecule has 29 heavy (non-hydrogen) atoms. The molecule has 0 aromatic heterocycles. The Kier molecular flexibility index (Phi) is 6.40. The predicted octanol–water partition coefficient (Wildman–Crippen LogP) is 3.23. The fourth-order valence-electron chi connectivity index (χ4n) is 3.49. The van der Waals surface area contributed by atoms with Gasteiger partial charge in [-0.1, -0.05) is 25.5 Å². The van der Waals surface area contributed by atoms with Crippen molar-refractivity contribution in [3.63, 3.8) is 0 Å². The summed E-state index contributed by atoms with van der Waals surface area (Å²) < 4.78 is 48.0. The average molecular weight is 412 g/mol. The normalized spacial score (nSPS) is 19.6. The Morgan fingerprint density at radius 1 is 1.24 bits per heavy atom. The summed E-state index contributed by atoms with van der Waals surface area (Å²) in [6.07, 6.45) is -4.15. The molecule has 1 aliphatic heterocycles. The van der Waals surface area contributed by atoms with E-state index in [4.69, 9.17) is 4.74 Å². The first-order valence-corrected chi connectivity index (χ1v) is 9.09. The van der Waals surface area contributed by atoms with Gasteiger partial charge in [-0.05, 0) is 32.4 Å². The number of carbonyl (C=O) groups excluding carboxylic acids is 3. The number of ketones is 1. The highest BCUT2D eigenvalue weighted by molar-refractivity contribution is 6.13. The molecular weight excluding hydrogens is 389 g/mol. The van der Waals surface area contributed by atoms with Gasteiger partial charge in [0, 0.05) is 12.2 Å². The fourth-order valence-corrected chi connectivity index (χ4v) is 3.49. The molecule has 2 rings (SSSR count). The first kappa shape index (κ1) is 22.4. The third-order valence-corrected chi connectivity index (χ3v) is 4.87. The molecule has 0 spiro atoms.